The number of nitrogens with zero attached hydrogens (tertiary/aromatic N) is 2. The molecular formula is C15H20N2O3. The van der Waals surface area contributed by atoms with Gasteiger partial charge in [0.1, 0.15) is 0 Å². The highest BCUT2D eigenvalue weighted by molar-refractivity contribution is 5.94. The molecule has 1 aromatic rings. The molecule has 0 spiro atoms. The molecule has 5 nitrogen and oxygen atoms in total. The third-order valence-electron chi connectivity index (χ3n) is 2.98. The Hall–Kier alpha value is -1.90. The molecule has 0 aliphatic rings. The van der Waals surface area contributed by atoms with E-state index in [1.165, 1.54) is 0 Å². The summed E-state index contributed by atoms with van der Waals surface area (Å²) in [4.78, 5) is 14.2. The molecule has 0 aromatic heterocycles. The lowest BCUT2D eigenvalue weighted by Gasteiger charge is -2.28. The number of nitriles is 1. The van der Waals surface area contributed by atoms with Gasteiger partial charge >= 0.3 is 0 Å². The van der Waals surface area contributed by atoms with E-state index in [0.29, 0.717) is 30.9 Å². The van der Waals surface area contributed by atoms with Crippen LogP contribution in [0.3, 0.4) is 0 Å². The topological polar surface area (TPSA) is 62.6 Å². The fourth-order valence-electron chi connectivity index (χ4n) is 1.93. The molecule has 108 valence electrons. The van der Waals surface area contributed by atoms with E-state index in [-0.39, 0.29) is 11.9 Å². The zero-order chi connectivity index (χ0) is 15.0. The first-order chi connectivity index (χ1) is 9.63. The van der Waals surface area contributed by atoms with Crippen LogP contribution in [0.4, 0.5) is 0 Å². The monoisotopic (exact) mass is 276 g/mol. The van der Waals surface area contributed by atoms with Crippen LogP contribution in [0.5, 0.6) is 0 Å². The second kappa shape index (κ2) is 8.31. The van der Waals surface area contributed by atoms with Gasteiger partial charge in [-0.3, -0.25) is 4.79 Å². The second-order valence-corrected chi connectivity index (χ2v) is 4.49. The molecule has 0 heterocycles. The summed E-state index contributed by atoms with van der Waals surface area (Å²) in [5.41, 5.74) is 0.977. The first kappa shape index (κ1) is 16.2. The van der Waals surface area contributed by atoms with Crippen molar-refractivity contribution < 1.29 is 14.3 Å². The van der Waals surface area contributed by atoms with Crippen LogP contribution in [0.25, 0.3) is 0 Å². The molecule has 0 radical (unpaired) electrons. The smallest absolute Gasteiger partial charge is 0.254 e. The van der Waals surface area contributed by atoms with E-state index in [0.717, 1.165) is 0 Å². The minimum absolute atomic E-state index is 0.0617. The van der Waals surface area contributed by atoms with Crippen LogP contribution in [0.2, 0.25) is 0 Å². The van der Waals surface area contributed by atoms with E-state index >= 15 is 0 Å². The van der Waals surface area contributed by atoms with Gasteiger partial charge in [0.15, 0.2) is 0 Å². The molecule has 1 unspecified atom stereocenters. The molecule has 5 heteroatoms. The Labute approximate surface area is 119 Å². The van der Waals surface area contributed by atoms with E-state index in [2.05, 4.69) is 0 Å². The van der Waals surface area contributed by atoms with Crippen molar-refractivity contribution in [2.24, 2.45) is 0 Å². The lowest BCUT2D eigenvalue weighted by molar-refractivity contribution is 0.0479. The van der Waals surface area contributed by atoms with Gasteiger partial charge < -0.3 is 14.4 Å². The second-order valence-electron chi connectivity index (χ2n) is 4.49. The Kier molecular flexibility index (Phi) is 6.71. The van der Waals surface area contributed by atoms with Crippen LogP contribution in [0, 0.1) is 11.3 Å². The Bertz CT molecular complexity index is 482. The van der Waals surface area contributed by atoms with Gasteiger partial charge in [-0.2, -0.15) is 5.26 Å². The van der Waals surface area contributed by atoms with Crippen molar-refractivity contribution in [2.75, 3.05) is 34.0 Å². The van der Waals surface area contributed by atoms with Crippen molar-refractivity contribution in [3.8, 4) is 6.07 Å². The summed E-state index contributed by atoms with van der Waals surface area (Å²) in [5.74, 6) is -0.122. The molecular weight excluding hydrogens is 256 g/mol. The molecule has 1 amide bonds. The highest BCUT2D eigenvalue weighted by atomic mass is 16.5. The molecule has 20 heavy (non-hydrogen) atoms. The molecule has 0 saturated heterocycles. The Morgan fingerprint density at radius 2 is 2.15 bits per heavy atom. The molecule has 0 saturated carbocycles. The number of rotatable bonds is 7. The Morgan fingerprint density at radius 3 is 2.75 bits per heavy atom. The van der Waals surface area contributed by atoms with Crippen molar-refractivity contribution >= 4 is 5.91 Å². The molecule has 0 N–H and O–H groups in total. The largest absolute Gasteiger partial charge is 0.383 e. The summed E-state index contributed by atoms with van der Waals surface area (Å²) in [7, 11) is 3.20. The fourth-order valence-corrected chi connectivity index (χ4v) is 1.93. The van der Waals surface area contributed by atoms with E-state index in [4.69, 9.17) is 14.7 Å². The van der Waals surface area contributed by atoms with Crippen LogP contribution in [-0.2, 0) is 9.47 Å². The lowest BCUT2D eigenvalue weighted by Crippen LogP contribution is -2.43. The average Bonchev–Trinajstić information content (AvgIpc) is 2.47. The number of benzene rings is 1. The predicted octanol–water partition coefficient (Wildman–Crippen LogP) is 1.68. The van der Waals surface area contributed by atoms with Gasteiger partial charge in [0.2, 0.25) is 0 Å². The van der Waals surface area contributed by atoms with Crippen LogP contribution in [0.1, 0.15) is 22.8 Å². The van der Waals surface area contributed by atoms with Crippen molar-refractivity contribution in [3.63, 3.8) is 0 Å². The fraction of sp³-hybridized carbons (Fsp3) is 0.467. The van der Waals surface area contributed by atoms with Gasteiger partial charge in [0, 0.05) is 26.3 Å². The number of carbonyl (C=O) groups is 1. The maximum Gasteiger partial charge on any atom is 0.254 e. The molecule has 1 atom stereocenters. The van der Waals surface area contributed by atoms with E-state index in [1.54, 1.807) is 43.4 Å². The predicted molar refractivity (Wildman–Crippen MR) is 75.4 cm³/mol. The average molecular weight is 276 g/mol. The molecule has 1 aromatic carbocycles. The SMILES string of the molecule is COCCN(C(=O)c1cccc(C#N)c1)C(C)COC. The highest BCUT2D eigenvalue weighted by Gasteiger charge is 2.21. The molecule has 0 bridgehead atoms. The van der Waals surface area contributed by atoms with E-state index in [1.807, 2.05) is 13.0 Å². The maximum atomic E-state index is 12.5. The van der Waals surface area contributed by atoms with Crippen molar-refractivity contribution in [1.29, 1.82) is 5.26 Å². The molecule has 0 aliphatic carbocycles. The number of carbonyl (C=O) groups excluding carboxylic acids is 1. The highest BCUT2D eigenvalue weighted by Crippen LogP contribution is 2.11. The van der Waals surface area contributed by atoms with Crippen LogP contribution >= 0.6 is 0 Å². The van der Waals surface area contributed by atoms with Crippen LogP contribution in [-0.4, -0.2) is 50.8 Å². The zero-order valence-electron chi connectivity index (χ0n) is 12.1. The minimum Gasteiger partial charge on any atom is -0.383 e. The molecule has 0 aliphatic heterocycles. The first-order valence-electron chi connectivity index (χ1n) is 6.43. The quantitative estimate of drug-likeness (QED) is 0.760. The summed E-state index contributed by atoms with van der Waals surface area (Å²) < 4.78 is 10.2. The van der Waals surface area contributed by atoms with Gasteiger partial charge in [-0.15, -0.1) is 0 Å². The van der Waals surface area contributed by atoms with Crippen LogP contribution < -0.4 is 0 Å². The number of amides is 1. The van der Waals surface area contributed by atoms with Gasteiger partial charge in [0.25, 0.3) is 5.91 Å². The minimum atomic E-state index is -0.122. The number of methoxy groups -OCH3 is 2. The number of hydrogen-bond acceptors (Lipinski definition) is 4. The summed E-state index contributed by atoms with van der Waals surface area (Å²) in [6.45, 7) is 3.31. The Morgan fingerprint density at radius 1 is 1.40 bits per heavy atom. The lowest BCUT2D eigenvalue weighted by atomic mass is 10.1. The van der Waals surface area contributed by atoms with Crippen LogP contribution in [0.15, 0.2) is 24.3 Å². The van der Waals surface area contributed by atoms with E-state index < -0.39 is 0 Å². The van der Waals surface area contributed by atoms with Crippen molar-refractivity contribution in [3.05, 3.63) is 35.4 Å². The summed E-state index contributed by atoms with van der Waals surface area (Å²) in [5, 5.41) is 8.90. The summed E-state index contributed by atoms with van der Waals surface area (Å²) >= 11 is 0. The summed E-state index contributed by atoms with van der Waals surface area (Å²) in [6.07, 6.45) is 0. The Balaban J connectivity index is 2.93. The summed E-state index contributed by atoms with van der Waals surface area (Å²) in [6, 6.07) is 8.67. The molecule has 1 rings (SSSR count). The first-order valence-corrected chi connectivity index (χ1v) is 6.43. The normalized spacial score (nSPS) is 11.7. The van der Waals surface area contributed by atoms with Crippen molar-refractivity contribution in [2.45, 2.75) is 13.0 Å². The number of ether oxygens (including phenoxy) is 2. The standard InChI is InChI=1S/C15H20N2O3/c1-12(11-20-3)17(7-8-19-2)15(18)14-6-4-5-13(9-14)10-16/h4-6,9,12H,7-8,11H2,1-3H3. The molecule has 0 fully saturated rings. The third-order valence-corrected chi connectivity index (χ3v) is 2.98. The third kappa shape index (κ3) is 4.34. The van der Waals surface area contributed by atoms with Gasteiger partial charge in [0.05, 0.1) is 30.9 Å². The zero-order valence-corrected chi connectivity index (χ0v) is 12.1. The maximum absolute atomic E-state index is 12.5. The van der Waals surface area contributed by atoms with Gasteiger partial charge in [-0.25, -0.2) is 0 Å². The van der Waals surface area contributed by atoms with Crippen molar-refractivity contribution in [1.82, 2.24) is 4.90 Å². The van der Waals surface area contributed by atoms with Gasteiger partial charge in [-0.1, -0.05) is 6.07 Å². The number of hydrogen-bond donors (Lipinski definition) is 0. The van der Waals surface area contributed by atoms with Gasteiger partial charge in [-0.05, 0) is 25.1 Å². The van der Waals surface area contributed by atoms with E-state index in [9.17, 15) is 4.79 Å².